The fraction of sp³-hybridized carbons (Fsp3) is 0.517. The van der Waals surface area contributed by atoms with Gasteiger partial charge in [-0.15, -0.1) is 11.3 Å². The zero-order chi connectivity index (χ0) is 40.3. The Kier molecular flexibility index (Phi) is 12.4. The molecule has 2 aromatic rings. The van der Waals surface area contributed by atoms with Crippen LogP contribution in [0, 0.1) is 0 Å². The number of ether oxygens (including phenoxy) is 2. The summed E-state index contributed by atoms with van der Waals surface area (Å²) in [6.07, 6.45) is -0.179. The van der Waals surface area contributed by atoms with Gasteiger partial charge in [0.2, 0.25) is 11.0 Å². The Labute approximate surface area is 306 Å². The number of anilines is 1. The number of hydrogen-bond donors (Lipinski definition) is 7. The second kappa shape index (κ2) is 15.6. The van der Waals surface area contributed by atoms with E-state index in [1.54, 1.807) is 41.5 Å². The molecular weight excluding hydrogens is 748 g/mol. The molecule has 1 saturated heterocycles. The van der Waals surface area contributed by atoms with E-state index in [1.807, 2.05) is 0 Å². The highest BCUT2D eigenvalue weighted by molar-refractivity contribution is 7.84. The van der Waals surface area contributed by atoms with E-state index in [9.17, 15) is 52.1 Å². The summed E-state index contributed by atoms with van der Waals surface area (Å²) in [4.78, 5) is 85.4. The molecule has 0 aliphatic carbocycles. The number of amides is 5. The molecule has 2 aromatic heterocycles. The predicted octanol–water partition coefficient (Wildman–Crippen LogP) is 0.434. The molecule has 2 atom stereocenters. The highest BCUT2D eigenvalue weighted by atomic mass is 32.2. The monoisotopic (exact) mass is 788 g/mol. The third-order valence-corrected chi connectivity index (χ3v) is 8.23. The largest absolute Gasteiger partial charge is 0.503 e. The Morgan fingerprint density at radius 1 is 1.02 bits per heavy atom. The Morgan fingerprint density at radius 2 is 1.64 bits per heavy atom. The van der Waals surface area contributed by atoms with Crippen LogP contribution >= 0.6 is 11.3 Å². The number of aromatic nitrogens is 2. The lowest BCUT2D eigenvalue weighted by molar-refractivity contribution is -0.179. The number of urea groups is 1. The number of oxime groups is 1. The van der Waals surface area contributed by atoms with Crippen LogP contribution in [0.3, 0.4) is 0 Å². The van der Waals surface area contributed by atoms with Crippen LogP contribution in [0.15, 0.2) is 27.6 Å². The predicted molar refractivity (Wildman–Crippen MR) is 183 cm³/mol. The van der Waals surface area contributed by atoms with E-state index in [0.717, 1.165) is 17.4 Å². The van der Waals surface area contributed by atoms with Crippen molar-refractivity contribution in [2.24, 2.45) is 5.16 Å². The van der Waals surface area contributed by atoms with Crippen molar-refractivity contribution in [3.05, 3.63) is 39.3 Å². The van der Waals surface area contributed by atoms with Gasteiger partial charge in [-0.1, -0.05) is 5.16 Å². The summed E-state index contributed by atoms with van der Waals surface area (Å²) in [5.74, 6) is -4.13. The van der Waals surface area contributed by atoms with Crippen molar-refractivity contribution < 1.29 is 61.6 Å². The number of pyridine rings is 1. The molecule has 22 nitrogen and oxygen atoms in total. The number of esters is 1. The quantitative estimate of drug-likeness (QED) is 0.0383. The number of hydrogen-bond acceptors (Lipinski definition) is 16. The van der Waals surface area contributed by atoms with E-state index >= 15 is 0 Å². The van der Waals surface area contributed by atoms with Crippen molar-refractivity contribution in [1.29, 1.82) is 0 Å². The van der Waals surface area contributed by atoms with Gasteiger partial charge in [-0.25, -0.2) is 23.7 Å². The molecule has 0 saturated carbocycles. The molecule has 0 aromatic carbocycles. The number of carbonyl (C=O) groups is 5. The highest BCUT2D eigenvalue weighted by Crippen LogP contribution is 2.25. The highest BCUT2D eigenvalue weighted by Gasteiger charge is 2.54. The Hall–Kier alpha value is -5.49. The second-order valence-electron chi connectivity index (χ2n) is 13.8. The zero-order valence-electron chi connectivity index (χ0n) is 29.7. The number of aromatic hydroxyl groups is 1. The summed E-state index contributed by atoms with van der Waals surface area (Å²) < 4.78 is 44.7. The van der Waals surface area contributed by atoms with Gasteiger partial charge in [-0.3, -0.25) is 24.3 Å². The SMILES string of the molecule is CC(C)(C)OC(=O)Nc1nc(C(=NOC(C)(C)C(=O)OC(C)(C)C)C(=O)NC2C(=O)N(S(=O)(=O)O)C2CNC(=O)NCc2cc(=O)c(O)cn2O)cs1. The molecule has 3 rings (SSSR count). The molecule has 1 aliphatic heterocycles. The molecule has 292 valence electrons. The maximum absolute atomic E-state index is 13.7. The smallest absolute Gasteiger partial charge is 0.413 e. The van der Waals surface area contributed by atoms with Crippen LogP contribution in [0.2, 0.25) is 0 Å². The number of thiazole rings is 1. The number of β-lactam (4-membered cyclic amide) rings is 1. The van der Waals surface area contributed by atoms with Crippen LogP contribution in [-0.4, -0.2) is 108 Å². The molecule has 53 heavy (non-hydrogen) atoms. The van der Waals surface area contributed by atoms with Gasteiger partial charge in [0.25, 0.3) is 11.8 Å². The molecule has 3 heterocycles. The third-order valence-electron chi connectivity index (χ3n) is 6.52. The van der Waals surface area contributed by atoms with Gasteiger partial charge in [0, 0.05) is 18.0 Å². The number of rotatable bonds is 12. The summed E-state index contributed by atoms with van der Waals surface area (Å²) in [6, 6.07) is -3.47. The lowest BCUT2D eigenvalue weighted by Gasteiger charge is -2.44. The molecule has 0 spiro atoms. The fourth-order valence-electron chi connectivity index (χ4n) is 4.12. The van der Waals surface area contributed by atoms with E-state index in [-0.39, 0.29) is 20.8 Å². The van der Waals surface area contributed by atoms with Gasteiger partial charge < -0.3 is 40.6 Å². The number of carbonyl (C=O) groups excluding carboxylic acids is 5. The van der Waals surface area contributed by atoms with E-state index in [0.29, 0.717) is 10.9 Å². The molecule has 7 N–H and O–H groups in total. The van der Waals surface area contributed by atoms with E-state index in [1.165, 1.54) is 19.2 Å². The summed E-state index contributed by atoms with van der Waals surface area (Å²) in [5.41, 5.74) is -5.45. The van der Waals surface area contributed by atoms with Crippen molar-refractivity contribution in [2.45, 2.75) is 90.8 Å². The molecule has 1 fully saturated rings. The maximum atomic E-state index is 13.7. The molecule has 2 unspecified atom stereocenters. The van der Waals surface area contributed by atoms with E-state index in [4.69, 9.17) is 14.3 Å². The molecule has 5 amide bonds. The van der Waals surface area contributed by atoms with Crippen molar-refractivity contribution >= 4 is 62.4 Å². The fourth-order valence-corrected chi connectivity index (χ4v) is 5.68. The van der Waals surface area contributed by atoms with Gasteiger partial charge in [0.1, 0.15) is 22.9 Å². The van der Waals surface area contributed by atoms with Gasteiger partial charge >= 0.3 is 28.4 Å². The third kappa shape index (κ3) is 11.5. The van der Waals surface area contributed by atoms with Gasteiger partial charge in [-0.2, -0.15) is 13.1 Å². The van der Waals surface area contributed by atoms with Crippen LogP contribution < -0.4 is 26.7 Å². The summed E-state index contributed by atoms with van der Waals surface area (Å²) >= 11 is 0.837. The number of nitrogens with zero attached hydrogens (tertiary/aromatic N) is 4. The summed E-state index contributed by atoms with van der Waals surface area (Å²) in [6.45, 7) is 11.2. The number of nitrogens with one attached hydrogen (secondary N) is 4. The minimum Gasteiger partial charge on any atom is -0.503 e. The first-order chi connectivity index (χ1) is 24.2. The van der Waals surface area contributed by atoms with Crippen LogP contribution in [0.5, 0.6) is 5.75 Å². The summed E-state index contributed by atoms with van der Waals surface area (Å²) in [7, 11) is -5.20. The van der Waals surface area contributed by atoms with Crippen LogP contribution in [0.4, 0.5) is 14.7 Å². The van der Waals surface area contributed by atoms with Gasteiger partial charge in [0.05, 0.1) is 24.5 Å². The normalized spacial score (nSPS) is 16.6. The molecule has 24 heteroatoms. The van der Waals surface area contributed by atoms with Gasteiger partial charge in [-0.05, 0) is 55.4 Å². The Balaban J connectivity index is 1.86. The van der Waals surface area contributed by atoms with Crippen molar-refractivity contribution in [3.63, 3.8) is 0 Å². The van der Waals surface area contributed by atoms with E-state index < -0.39 is 99.1 Å². The molecule has 1 aliphatic rings. The summed E-state index contributed by atoms with van der Waals surface area (Å²) in [5, 5.41) is 33.4. The molecule has 0 radical (unpaired) electrons. The second-order valence-corrected chi connectivity index (χ2v) is 15.9. The topological polar surface area (TPSA) is 306 Å². The Bertz CT molecular complexity index is 1960. The van der Waals surface area contributed by atoms with E-state index in [2.05, 4.69) is 31.4 Å². The average molecular weight is 789 g/mol. The average Bonchev–Trinajstić information content (AvgIpc) is 3.43. The van der Waals surface area contributed by atoms with Crippen LogP contribution in [0.25, 0.3) is 0 Å². The standard InChI is InChI=1S/C29H40N8O14S2/c1-27(2,3)49-23(42)29(7,8)51-35-19(15-13-52-25(32-15)34-26(44)50-28(4,5)6)21(40)33-20-16(37(22(20)41)53(46,47)48)11-31-24(43)30-10-14-9-17(38)18(39)12-36(14)45/h9,12-13,16,20,39,45H,10-11H2,1-8H3,(H,33,40)(H2,30,31,43)(H,32,34,44)(H,46,47,48). The lowest BCUT2D eigenvalue weighted by Crippen LogP contribution is -2.74. The first kappa shape index (κ1) is 41.9. The first-order valence-electron chi connectivity index (χ1n) is 15.4. The minimum atomic E-state index is -5.20. The first-order valence-corrected chi connectivity index (χ1v) is 17.7. The maximum Gasteiger partial charge on any atom is 0.413 e. The van der Waals surface area contributed by atoms with Crippen LogP contribution in [0.1, 0.15) is 66.8 Å². The van der Waals surface area contributed by atoms with Crippen LogP contribution in [-0.2, 0) is 45.5 Å². The minimum absolute atomic E-state index is 0.00815. The molecule has 0 bridgehead atoms. The van der Waals surface area contributed by atoms with Gasteiger partial charge in [0.15, 0.2) is 16.6 Å². The zero-order valence-corrected chi connectivity index (χ0v) is 31.4. The van der Waals surface area contributed by atoms with Crippen molar-refractivity contribution in [2.75, 3.05) is 11.9 Å². The van der Waals surface area contributed by atoms with Crippen molar-refractivity contribution in [1.82, 2.24) is 30.0 Å². The Morgan fingerprint density at radius 3 is 2.23 bits per heavy atom. The van der Waals surface area contributed by atoms with Crippen molar-refractivity contribution in [3.8, 4) is 5.75 Å². The molecular formula is C29H40N8O14S2. The lowest BCUT2D eigenvalue weighted by atomic mass is 9.98.